The number of pyridine rings is 1. The Morgan fingerprint density at radius 3 is 2.57 bits per heavy atom. The lowest BCUT2D eigenvalue weighted by molar-refractivity contribution is 0.240. The number of hydrogen-bond donors (Lipinski definition) is 2. The number of amides is 2. The van der Waals surface area contributed by atoms with Crippen LogP contribution in [0, 0.1) is 6.92 Å². The van der Waals surface area contributed by atoms with Crippen LogP contribution in [0.2, 0.25) is 0 Å². The Balaban J connectivity index is 1.87. The summed E-state index contributed by atoms with van der Waals surface area (Å²) >= 11 is 0. The fraction of sp³-hybridized carbons (Fsp3) is 0.294. The third-order valence-corrected chi connectivity index (χ3v) is 3.31. The standard InChI is InChI=1S/C17H21N3O3/c1-12-5-4-6-14(20-12)11-19-17(21)18-10-13-7-8-15(22-2)9-16(13)23-3/h4-9H,10-11H2,1-3H3,(H2,18,19,21). The highest BCUT2D eigenvalue weighted by atomic mass is 16.5. The normalized spacial score (nSPS) is 10.0. The fourth-order valence-corrected chi connectivity index (χ4v) is 2.10. The molecule has 2 amide bonds. The predicted octanol–water partition coefficient (Wildman–Crippen LogP) is 2.41. The van der Waals surface area contributed by atoms with Crippen LogP contribution in [0.3, 0.4) is 0 Å². The third-order valence-electron chi connectivity index (χ3n) is 3.31. The number of hydrogen-bond acceptors (Lipinski definition) is 4. The van der Waals surface area contributed by atoms with Crippen molar-refractivity contribution < 1.29 is 14.3 Å². The van der Waals surface area contributed by atoms with Gasteiger partial charge in [0.2, 0.25) is 0 Å². The van der Waals surface area contributed by atoms with Gasteiger partial charge in [-0.15, -0.1) is 0 Å². The second-order valence-corrected chi connectivity index (χ2v) is 4.98. The van der Waals surface area contributed by atoms with E-state index >= 15 is 0 Å². The number of nitrogens with one attached hydrogen (secondary N) is 2. The van der Waals surface area contributed by atoms with Crippen LogP contribution in [0.5, 0.6) is 11.5 Å². The lowest BCUT2D eigenvalue weighted by Crippen LogP contribution is -2.34. The molecule has 2 rings (SSSR count). The molecule has 0 radical (unpaired) electrons. The highest BCUT2D eigenvalue weighted by Crippen LogP contribution is 2.24. The van der Waals surface area contributed by atoms with E-state index in [1.807, 2.05) is 37.3 Å². The molecule has 0 atom stereocenters. The zero-order valence-corrected chi connectivity index (χ0v) is 13.6. The van der Waals surface area contributed by atoms with E-state index in [1.165, 1.54) is 0 Å². The minimum Gasteiger partial charge on any atom is -0.497 e. The number of methoxy groups -OCH3 is 2. The van der Waals surface area contributed by atoms with Crippen molar-refractivity contribution in [2.75, 3.05) is 14.2 Å². The van der Waals surface area contributed by atoms with Crippen LogP contribution in [0.15, 0.2) is 36.4 Å². The molecule has 2 N–H and O–H groups in total. The van der Waals surface area contributed by atoms with Gasteiger partial charge in [-0.2, -0.15) is 0 Å². The molecule has 23 heavy (non-hydrogen) atoms. The number of carbonyl (C=O) groups excluding carboxylic acids is 1. The topological polar surface area (TPSA) is 72.5 Å². The Hall–Kier alpha value is -2.76. The predicted molar refractivity (Wildman–Crippen MR) is 87.6 cm³/mol. The second-order valence-electron chi connectivity index (χ2n) is 4.98. The first kappa shape index (κ1) is 16.6. The van der Waals surface area contributed by atoms with E-state index < -0.39 is 0 Å². The van der Waals surface area contributed by atoms with Crippen LogP contribution in [0.1, 0.15) is 17.0 Å². The number of aryl methyl sites for hydroxylation is 1. The van der Waals surface area contributed by atoms with Gasteiger partial charge >= 0.3 is 6.03 Å². The molecule has 0 spiro atoms. The fourth-order valence-electron chi connectivity index (χ4n) is 2.10. The van der Waals surface area contributed by atoms with E-state index in [1.54, 1.807) is 20.3 Å². The van der Waals surface area contributed by atoms with E-state index in [9.17, 15) is 4.79 Å². The molecule has 2 aromatic rings. The highest BCUT2D eigenvalue weighted by Gasteiger charge is 2.07. The maximum atomic E-state index is 11.9. The Morgan fingerprint density at radius 2 is 1.87 bits per heavy atom. The van der Waals surface area contributed by atoms with Crippen molar-refractivity contribution in [2.45, 2.75) is 20.0 Å². The Bertz CT molecular complexity index is 674. The molecule has 0 aliphatic rings. The lowest BCUT2D eigenvalue weighted by Gasteiger charge is -2.12. The first-order valence-electron chi connectivity index (χ1n) is 7.27. The van der Waals surface area contributed by atoms with Gasteiger partial charge in [-0.25, -0.2) is 4.79 Å². The largest absolute Gasteiger partial charge is 0.497 e. The number of ether oxygens (including phenoxy) is 2. The quantitative estimate of drug-likeness (QED) is 0.858. The number of carbonyl (C=O) groups is 1. The Morgan fingerprint density at radius 1 is 1.09 bits per heavy atom. The molecule has 0 unspecified atom stereocenters. The first-order valence-corrected chi connectivity index (χ1v) is 7.27. The molecule has 0 saturated carbocycles. The summed E-state index contributed by atoms with van der Waals surface area (Å²) in [6.07, 6.45) is 0. The zero-order valence-electron chi connectivity index (χ0n) is 13.6. The molecule has 6 heteroatoms. The van der Waals surface area contributed by atoms with Crippen LogP contribution < -0.4 is 20.1 Å². The molecule has 0 saturated heterocycles. The van der Waals surface area contributed by atoms with Crippen LogP contribution >= 0.6 is 0 Å². The van der Waals surface area contributed by atoms with Gasteiger partial charge in [0.25, 0.3) is 0 Å². The van der Waals surface area contributed by atoms with Crippen LogP contribution in [-0.2, 0) is 13.1 Å². The lowest BCUT2D eigenvalue weighted by atomic mass is 10.2. The van der Waals surface area contributed by atoms with Crippen LogP contribution in [0.25, 0.3) is 0 Å². The van der Waals surface area contributed by atoms with E-state index in [0.717, 1.165) is 17.0 Å². The van der Waals surface area contributed by atoms with Crippen molar-refractivity contribution >= 4 is 6.03 Å². The van der Waals surface area contributed by atoms with E-state index in [4.69, 9.17) is 9.47 Å². The first-order chi connectivity index (χ1) is 11.1. The van der Waals surface area contributed by atoms with Gasteiger partial charge < -0.3 is 20.1 Å². The zero-order chi connectivity index (χ0) is 16.7. The van der Waals surface area contributed by atoms with Gasteiger partial charge in [-0.1, -0.05) is 6.07 Å². The molecule has 0 bridgehead atoms. The summed E-state index contributed by atoms with van der Waals surface area (Å²) in [6.45, 7) is 2.66. The van der Waals surface area contributed by atoms with E-state index in [0.29, 0.717) is 24.6 Å². The number of rotatable bonds is 6. The number of benzene rings is 1. The minimum absolute atomic E-state index is 0.258. The average Bonchev–Trinajstić information content (AvgIpc) is 2.58. The van der Waals surface area contributed by atoms with Gasteiger partial charge in [0.1, 0.15) is 11.5 Å². The molecule has 0 aliphatic heterocycles. The smallest absolute Gasteiger partial charge is 0.315 e. The van der Waals surface area contributed by atoms with E-state index in [-0.39, 0.29) is 6.03 Å². The van der Waals surface area contributed by atoms with Gasteiger partial charge in [-0.3, -0.25) is 4.98 Å². The summed E-state index contributed by atoms with van der Waals surface area (Å²) in [7, 11) is 3.18. The van der Waals surface area contributed by atoms with Crippen LogP contribution in [-0.4, -0.2) is 25.2 Å². The summed E-state index contributed by atoms with van der Waals surface area (Å²) in [5, 5.41) is 5.58. The summed E-state index contributed by atoms with van der Waals surface area (Å²) < 4.78 is 10.4. The summed E-state index contributed by atoms with van der Waals surface area (Å²) in [4.78, 5) is 16.2. The second kappa shape index (κ2) is 8.03. The van der Waals surface area contributed by atoms with Crippen molar-refractivity contribution in [1.82, 2.24) is 15.6 Å². The van der Waals surface area contributed by atoms with Crippen molar-refractivity contribution in [3.05, 3.63) is 53.3 Å². The van der Waals surface area contributed by atoms with Crippen molar-refractivity contribution in [3.63, 3.8) is 0 Å². The highest BCUT2D eigenvalue weighted by molar-refractivity contribution is 5.73. The van der Waals surface area contributed by atoms with Crippen LogP contribution in [0.4, 0.5) is 4.79 Å². The third kappa shape index (κ3) is 4.88. The molecule has 122 valence electrons. The van der Waals surface area contributed by atoms with Gasteiger partial charge in [0.05, 0.1) is 26.5 Å². The molecule has 6 nitrogen and oxygen atoms in total. The Kier molecular flexibility index (Phi) is 5.80. The SMILES string of the molecule is COc1ccc(CNC(=O)NCc2cccc(C)n2)c(OC)c1. The summed E-state index contributed by atoms with van der Waals surface area (Å²) in [5.74, 6) is 1.38. The number of aromatic nitrogens is 1. The Labute approximate surface area is 135 Å². The molecular weight excluding hydrogens is 294 g/mol. The summed E-state index contributed by atoms with van der Waals surface area (Å²) in [6, 6.07) is 10.9. The summed E-state index contributed by atoms with van der Waals surface area (Å²) in [5.41, 5.74) is 2.62. The molecule has 1 aromatic carbocycles. The van der Waals surface area contributed by atoms with Crippen molar-refractivity contribution in [3.8, 4) is 11.5 Å². The number of nitrogens with zero attached hydrogens (tertiary/aromatic N) is 1. The van der Waals surface area contributed by atoms with Crippen molar-refractivity contribution in [1.29, 1.82) is 0 Å². The molecule has 1 aromatic heterocycles. The molecular formula is C17H21N3O3. The monoisotopic (exact) mass is 315 g/mol. The molecule has 1 heterocycles. The average molecular weight is 315 g/mol. The molecule has 0 fully saturated rings. The van der Waals surface area contributed by atoms with E-state index in [2.05, 4.69) is 15.6 Å². The van der Waals surface area contributed by atoms with Gasteiger partial charge in [0.15, 0.2) is 0 Å². The maximum Gasteiger partial charge on any atom is 0.315 e. The van der Waals surface area contributed by atoms with Gasteiger partial charge in [-0.05, 0) is 31.2 Å². The minimum atomic E-state index is -0.258. The van der Waals surface area contributed by atoms with Gasteiger partial charge in [0, 0.05) is 23.9 Å². The number of urea groups is 1. The molecule has 0 aliphatic carbocycles. The van der Waals surface area contributed by atoms with Crippen molar-refractivity contribution in [2.24, 2.45) is 0 Å². The maximum absolute atomic E-state index is 11.9.